The number of hydrogen-bond acceptors (Lipinski definition) is 4. The Morgan fingerprint density at radius 1 is 0.929 bits per heavy atom. The van der Waals surface area contributed by atoms with Gasteiger partial charge in [0.15, 0.2) is 0 Å². The van der Waals surface area contributed by atoms with Gasteiger partial charge in [-0.05, 0) is 80.8 Å². The zero-order chi connectivity index (χ0) is 30.0. The van der Waals surface area contributed by atoms with Crippen molar-refractivity contribution in [3.8, 4) is 11.1 Å². The van der Waals surface area contributed by atoms with Crippen molar-refractivity contribution in [3.05, 3.63) is 83.4 Å². The maximum atomic E-state index is 14.6. The number of hydrogen-bond donors (Lipinski definition) is 1. The van der Waals surface area contributed by atoms with Gasteiger partial charge in [0.2, 0.25) is 11.8 Å². The van der Waals surface area contributed by atoms with E-state index in [-0.39, 0.29) is 30.3 Å². The van der Waals surface area contributed by atoms with Gasteiger partial charge in [-0.1, -0.05) is 66.2 Å². The van der Waals surface area contributed by atoms with Crippen LogP contribution in [-0.2, 0) is 14.3 Å². The maximum absolute atomic E-state index is 14.6. The minimum atomic E-state index is -0.638. The Kier molecular flexibility index (Phi) is 8.60. The fourth-order valence-corrected chi connectivity index (χ4v) is 5.82. The average Bonchev–Trinajstić information content (AvgIpc) is 3.79. The second kappa shape index (κ2) is 12.2. The number of nitrogens with one attached hydrogen (secondary N) is 1. The average molecular weight is 588 g/mol. The van der Waals surface area contributed by atoms with Gasteiger partial charge in [0.25, 0.3) is 0 Å². The van der Waals surface area contributed by atoms with E-state index in [2.05, 4.69) is 35.6 Å². The normalized spacial score (nSPS) is 18.7. The number of carbonyl (C=O) groups excluding carboxylic acids is 3. The van der Waals surface area contributed by atoms with Crippen molar-refractivity contribution in [1.29, 1.82) is 0 Å². The van der Waals surface area contributed by atoms with Crippen LogP contribution in [0.25, 0.3) is 11.1 Å². The molecule has 0 spiro atoms. The monoisotopic (exact) mass is 587 g/mol. The Balaban J connectivity index is 1.51. The van der Waals surface area contributed by atoms with Crippen molar-refractivity contribution in [2.45, 2.75) is 64.5 Å². The molecule has 3 aromatic rings. The third kappa shape index (κ3) is 6.96. The van der Waals surface area contributed by atoms with Crippen LogP contribution in [0.15, 0.2) is 72.8 Å². The summed E-state index contributed by atoms with van der Waals surface area (Å²) in [7, 11) is 0. The van der Waals surface area contributed by atoms with E-state index in [0.29, 0.717) is 29.4 Å². The number of ether oxygens (including phenoxy) is 1. The lowest BCUT2D eigenvalue weighted by Gasteiger charge is -2.40. The Bertz CT molecular complexity index is 1470. The van der Waals surface area contributed by atoms with Gasteiger partial charge >= 0.3 is 6.09 Å². The van der Waals surface area contributed by atoms with Crippen molar-refractivity contribution in [1.82, 2.24) is 4.90 Å². The molecule has 1 N–H and O–H groups in total. The predicted molar refractivity (Wildman–Crippen MR) is 167 cm³/mol. The summed E-state index contributed by atoms with van der Waals surface area (Å²) in [5.41, 5.74) is 3.78. The summed E-state index contributed by atoms with van der Waals surface area (Å²) < 4.78 is 5.70. The molecule has 1 saturated carbocycles. The first-order valence-corrected chi connectivity index (χ1v) is 14.9. The van der Waals surface area contributed by atoms with Crippen LogP contribution >= 0.6 is 11.6 Å². The first kappa shape index (κ1) is 29.6. The molecule has 3 aromatic carbocycles. The molecule has 2 aliphatic rings. The molecule has 0 radical (unpaired) electrons. The van der Waals surface area contributed by atoms with E-state index < -0.39 is 17.6 Å². The van der Waals surface area contributed by atoms with E-state index in [1.54, 1.807) is 17.0 Å². The first-order chi connectivity index (χ1) is 20.0. The highest BCUT2D eigenvalue weighted by Gasteiger charge is 2.44. The lowest BCUT2D eigenvalue weighted by atomic mass is 9.79. The summed E-state index contributed by atoms with van der Waals surface area (Å²) in [6, 6.07) is 23.9. The van der Waals surface area contributed by atoms with Crippen LogP contribution in [0.5, 0.6) is 0 Å². The van der Waals surface area contributed by atoms with Gasteiger partial charge in [-0.3, -0.25) is 9.59 Å². The molecule has 0 aromatic heterocycles. The number of carbonyl (C=O) groups is 3. The molecule has 7 nitrogen and oxygen atoms in total. The smallest absolute Gasteiger partial charge is 0.410 e. The first-order valence-electron chi connectivity index (χ1n) is 14.5. The number of piperidine rings is 1. The molecule has 2 atom stereocenters. The molecule has 1 aliphatic carbocycles. The Labute approximate surface area is 252 Å². The predicted octanol–water partition coefficient (Wildman–Crippen LogP) is 7.50. The lowest BCUT2D eigenvalue weighted by Crippen LogP contribution is -2.51. The zero-order valence-corrected chi connectivity index (χ0v) is 25.4. The third-order valence-electron chi connectivity index (χ3n) is 7.69. The zero-order valence-electron chi connectivity index (χ0n) is 24.6. The number of rotatable bonds is 6. The summed E-state index contributed by atoms with van der Waals surface area (Å²) in [6.07, 6.45) is 2.00. The van der Waals surface area contributed by atoms with E-state index in [4.69, 9.17) is 16.3 Å². The molecule has 1 saturated heterocycles. The van der Waals surface area contributed by atoms with Crippen molar-refractivity contribution in [2.24, 2.45) is 5.92 Å². The quantitative estimate of drug-likeness (QED) is 0.324. The van der Waals surface area contributed by atoms with Crippen molar-refractivity contribution in [3.63, 3.8) is 0 Å². The number of anilines is 2. The van der Waals surface area contributed by atoms with Gasteiger partial charge in [-0.15, -0.1) is 0 Å². The van der Waals surface area contributed by atoms with Crippen LogP contribution in [0.2, 0.25) is 5.02 Å². The summed E-state index contributed by atoms with van der Waals surface area (Å²) in [5, 5.41) is 3.17. The summed E-state index contributed by atoms with van der Waals surface area (Å²) in [5.74, 6) is -0.866. The van der Waals surface area contributed by atoms with Gasteiger partial charge in [0.1, 0.15) is 5.60 Å². The molecular formula is C34H38ClN3O4. The number of benzene rings is 3. The topological polar surface area (TPSA) is 79.0 Å². The summed E-state index contributed by atoms with van der Waals surface area (Å²) in [4.78, 5) is 43.1. The number of nitrogens with zero attached hydrogens (tertiary/aromatic N) is 2. The minimum absolute atomic E-state index is 0.0445. The number of halogens is 1. The van der Waals surface area contributed by atoms with Gasteiger partial charge in [0, 0.05) is 31.7 Å². The van der Waals surface area contributed by atoms with Crippen LogP contribution in [-0.4, -0.2) is 47.5 Å². The second-order valence-corrected chi connectivity index (χ2v) is 12.6. The molecule has 8 heteroatoms. The number of amides is 3. The van der Waals surface area contributed by atoms with Crippen molar-refractivity contribution >= 4 is 40.9 Å². The molecule has 42 heavy (non-hydrogen) atoms. The third-order valence-corrected chi connectivity index (χ3v) is 8.02. The molecule has 1 aliphatic heterocycles. The second-order valence-electron chi connectivity index (χ2n) is 12.2. The molecule has 3 amide bonds. The Morgan fingerprint density at radius 3 is 2.31 bits per heavy atom. The summed E-state index contributed by atoms with van der Waals surface area (Å²) in [6.45, 7) is 7.71. The van der Waals surface area contributed by atoms with Crippen molar-refractivity contribution in [2.75, 3.05) is 23.3 Å². The van der Waals surface area contributed by atoms with Gasteiger partial charge in [0.05, 0.1) is 16.6 Å². The molecule has 220 valence electrons. The highest BCUT2D eigenvalue weighted by molar-refractivity contribution is 6.33. The SMILES string of the molecule is CC(=O)Nc1cc(N(C(=O)[C@H]2CN(C(=O)OC(C)(C)C)CC[C@@H]2c2cccc(-c3ccccc3)c2)C2CC2)ccc1Cl. The maximum Gasteiger partial charge on any atom is 0.410 e. The van der Waals surface area contributed by atoms with E-state index >= 15 is 0 Å². The van der Waals surface area contributed by atoms with Crippen LogP contribution in [0, 0.1) is 5.92 Å². The van der Waals surface area contributed by atoms with E-state index in [9.17, 15) is 14.4 Å². The van der Waals surface area contributed by atoms with Crippen LogP contribution in [0.3, 0.4) is 0 Å². The van der Waals surface area contributed by atoms with Gasteiger partial charge < -0.3 is 19.9 Å². The largest absolute Gasteiger partial charge is 0.444 e. The van der Waals surface area contributed by atoms with Crippen molar-refractivity contribution < 1.29 is 19.1 Å². The molecular weight excluding hydrogens is 550 g/mol. The fourth-order valence-electron chi connectivity index (χ4n) is 5.65. The van der Waals surface area contributed by atoms with Gasteiger partial charge in [-0.2, -0.15) is 0 Å². The molecule has 1 heterocycles. The van der Waals surface area contributed by atoms with Crippen LogP contribution in [0.1, 0.15) is 58.4 Å². The van der Waals surface area contributed by atoms with Gasteiger partial charge in [-0.25, -0.2) is 4.79 Å². The highest BCUT2D eigenvalue weighted by atomic mass is 35.5. The molecule has 5 rings (SSSR count). The minimum Gasteiger partial charge on any atom is -0.444 e. The Morgan fingerprint density at radius 2 is 1.64 bits per heavy atom. The molecule has 0 bridgehead atoms. The number of likely N-dealkylation sites (tertiary alicyclic amines) is 1. The van der Waals surface area contributed by atoms with E-state index in [0.717, 1.165) is 29.5 Å². The highest BCUT2D eigenvalue weighted by Crippen LogP contribution is 2.41. The lowest BCUT2D eigenvalue weighted by molar-refractivity contribution is -0.124. The van der Waals surface area contributed by atoms with E-state index in [1.165, 1.54) is 6.92 Å². The van der Waals surface area contributed by atoms with E-state index in [1.807, 2.05) is 56.0 Å². The molecule has 2 fully saturated rings. The van der Waals surface area contributed by atoms with Crippen LogP contribution < -0.4 is 10.2 Å². The standard InChI is InChI=1S/C34H38ClN3O4/c1-22(39)36-31-20-27(15-16-30(31)35)38(26-13-14-26)32(40)29-21-37(33(41)42-34(2,3)4)18-17-28(29)25-12-8-11-24(19-25)23-9-6-5-7-10-23/h5-12,15-16,19-20,26,28-29H,13-14,17-18,21H2,1-4H3,(H,36,39)/t28-,29+/m1/s1. The fraction of sp³-hybridized carbons (Fsp3) is 0.382. The molecule has 0 unspecified atom stereocenters. The Hall–Kier alpha value is -3.84. The van der Waals surface area contributed by atoms with Crippen LogP contribution in [0.4, 0.5) is 16.2 Å². The summed E-state index contributed by atoms with van der Waals surface area (Å²) >= 11 is 6.37.